The van der Waals surface area contributed by atoms with E-state index in [4.69, 9.17) is 68.6 Å². The van der Waals surface area contributed by atoms with Crippen molar-refractivity contribution in [1.29, 1.82) is 5.41 Å². The van der Waals surface area contributed by atoms with Crippen LogP contribution in [0.15, 0.2) is 121 Å². The predicted octanol–water partition coefficient (Wildman–Crippen LogP) is 6.61. The SMILES string of the molecule is N=C(O[C@@H]1OC(COC(=O)c2ccccc2)[C@H](OC(=O)c2ccccc2)[C@H](OC(=O)c2ccccc2)C1OC(=O)c1ccccc1)C(Cl)(Cl)Cl. The fraction of sp³-hybridized carbons (Fsp3) is 0.194. The average molecular weight is 741 g/mol. The third kappa shape index (κ3) is 9.39. The number of carbonyl (C=O) groups is 4. The number of nitrogens with one attached hydrogen (secondary N) is 1. The van der Waals surface area contributed by atoms with Gasteiger partial charge in [-0.15, -0.1) is 0 Å². The van der Waals surface area contributed by atoms with E-state index < -0.39 is 70.9 Å². The van der Waals surface area contributed by atoms with Gasteiger partial charge in [-0.3, -0.25) is 5.41 Å². The van der Waals surface area contributed by atoms with Crippen LogP contribution in [0.2, 0.25) is 0 Å². The van der Waals surface area contributed by atoms with E-state index in [0.717, 1.165) is 0 Å². The highest BCUT2D eigenvalue weighted by molar-refractivity contribution is 6.76. The Kier molecular flexibility index (Phi) is 12.1. The van der Waals surface area contributed by atoms with E-state index >= 15 is 0 Å². The maximum absolute atomic E-state index is 13.6. The molecular weight excluding hydrogens is 713 g/mol. The first-order valence-corrected chi connectivity index (χ1v) is 16.1. The molecule has 1 N–H and O–H groups in total. The largest absolute Gasteiger partial charge is 0.459 e. The van der Waals surface area contributed by atoms with Gasteiger partial charge >= 0.3 is 23.9 Å². The maximum atomic E-state index is 13.6. The van der Waals surface area contributed by atoms with Crippen LogP contribution in [0.4, 0.5) is 0 Å². The second kappa shape index (κ2) is 16.6. The first-order chi connectivity index (χ1) is 24.0. The maximum Gasteiger partial charge on any atom is 0.338 e. The van der Waals surface area contributed by atoms with E-state index in [0.29, 0.717) is 0 Å². The number of benzene rings is 4. The number of halogens is 3. The summed E-state index contributed by atoms with van der Waals surface area (Å²) in [5.74, 6) is -4.41. The van der Waals surface area contributed by atoms with Crippen LogP contribution in [0.25, 0.3) is 0 Å². The van der Waals surface area contributed by atoms with Crippen LogP contribution in [0.5, 0.6) is 0 Å². The molecule has 258 valence electrons. The second-order valence-corrected chi connectivity index (χ2v) is 12.9. The third-order valence-corrected chi connectivity index (χ3v) is 7.74. The van der Waals surface area contributed by atoms with Crippen molar-refractivity contribution >= 4 is 64.6 Å². The number of rotatable bonds is 10. The molecule has 0 saturated carbocycles. The lowest BCUT2D eigenvalue weighted by atomic mass is 9.97. The van der Waals surface area contributed by atoms with E-state index in [1.54, 1.807) is 72.8 Å². The first kappa shape index (κ1) is 36.3. The van der Waals surface area contributed by atoms with Gasteiger partial charge in [-0.2, -0.15) is 0 Å². The van der Waals surface area contributed by atoms with Crippen molar-refractivity contribution in [2.24, 2.45) is 0 Å². The van der Waals surface area contributed by atoms with Gasteiger partial charge in [0.1, 0.15) is 12.7 Å². The molecule has 50 heavy (non-hydrogen) atoms. The van der Waals surface area contributed by atoms with Crippen molar-refractivity contribution in [2.75, 3.05) is 6.61 Å². The van der Waals surface area contributed by atoms with Crippen molar-refractivity contribution in [1.82, 2.24) is 0 Å². The summed E-state index contributed by atoms with van der Waals surface area (Å²) in [6, 6.07) is 31.5. The summed E-state index contributed by atoms with van der Waals surface area (Å²) >= 11 is 17.8. The molecule has 1 aliphatic heterocycles. The van der Waals surface area contributed by atoms with Crippen molar-refractivity contribution in [3.05, 3.63) is 144 Å². The summed E-state index contributed by atoms with van der Waals surface area (Å²) in [5, 5.41) is 8.26. The van der Waals surface area contributed by atoms with Gasteiger partial charge in [0, 0.05) is 0 Å². The summed E-state index contributed by atoms with van der Waals surface area (Å²) in [6.45, 7) is -0.597. The molecule has 4 aromatic rings. The molecule has 1 fully saturated rings. The molecule has 14 heteroatoms. The Hall–Kier alpha value is -4.94. The van der Waals surface area contributed by atoms with Crippen LogP contribution in [-0.2, 0) is 28.4 Å². The van der Waals surface area contributed by atoms with Crippen LogP contribution in [0.1, 0.15) is 41.4 Å². The molecule has 4 aromatic carbocycles. The van der Waals surface area contributed by atoms with E-state index in [-0.39, 0.29) is 22.3 Å². The van der Waals surface area contributed by atoms with Crippen LogP contribution in [0, 0.1) is 5.41 Å². The number of hydrogen-bond acceptors (Lipinski definition) is 11. The van der Waals surface area contributed by atoms with Gasteiger partial charge < -0.3 is 28.4 Å². The van der Waals surface area contributed by atoms with Gasteiger partial charge in [-0.1, -0.05) is 108 Å². The summed E-state index contributed by atoms with van der Waals surface area (Å²) < 4.78 is 32.5. The summed E-state index contributed by atoms with van der Waals surface area (Å²) in [6.07, 6.45) is -8.34. The zero-order valence-corrected chi connectivity index (χ0v) is 28.1. The number of ether oxygens (including phenoxy) is 6. The van der Waals surface area contributed by atoms with Crippen molar-refractivity contribution in [3.8, 4) is 0 Å². The highest BCUT2D eigenvalue weighted by atomic mass is 35.6. The molecule has 0 amide bonds. The summed E-state index contributed by atoms with van der Waals surface area (Å²) in [5.41, 5.74) is 0.509. The van der Waals surface area contributed by atoms with Gasteiger partial charge in [-0.05, 0) is 48.5 Å². The van der Waals surface area contributed by atoms with E-state index in [1.807, 2.05) is 0 Å². The highest BCUT2D eigenvalue weighted by Gasteiger charge is 2.55. The second-order valence-electron chi connectivity index (χ2n) is 10.7. The van der Waals surface area contributed by atoms with Gasteiger partial charge in [-0.25, -0.2) is 19.2 Å². The molecule has 5 atom stereocenters. The molecule has 0 spiro atoms. The lowest BCUT2D eigenvalue weighted by Crippen LogP contribution is -2.63. The Balaban J connectivity index is 1.58. The Morgan fingerprint density at radius 3 is 1.30 bits per heavy atom. The Morgan fingerprint density at radius 2 is 0.900 bits per heavy atom. The zero-order valence-electron chi connectivity index (χ0n) is 25.9. The van der Waals surface area contributed by atoms with Gasteiger partial charge in [0.25, 0.3) is 3.79 Å². The van der Waals surface area contributed by atoms with E-state index in [9.17, 15) is 19.2 Å². The monoisotopic (exact) mass is 739 g/mol. The van der Waals surface area contributed by atoms with E-state index in [2.05, 4.69) is 0 Å². The minimum atomic E-state index is -2.40. The van der Waals surface area contributed by atoms with E-state index in [1.165, 1.54) is 48.5 Å². The number of alkyl halides is 3. The van der Waals surface area contributed by atoms with Gasteiger partial charge in [0.2, 0.25) is 18.3 Å². The fourth-order valence-corrected chi connectivity index (χ4v) is 4.94. The molecule has 0 aromatic heterocycles. The molecule has 0 bridgehead atoms. The zero-order chi connectivity index (χ0) is 35.7. The topological polar surface area (TPSA) is 148 Å². The summed E-state index contributed by atoms with van der Waals surface area (Å²) in [4.78, 5) is 53.5. The molecule has 2 unspecified atom stereocenters. The highest BCUT2D eigenvalue weighted by Crippen LogP contribution is 2.35. The normalized spacial score (nSPS) is 20.1. The third-order valence-electron chi connectivity index (χ3n) is 7.23. The fourth-order valence-electron chi connectivity index (χ4n) is 4.81. The van der Waals surface area contributed by atoms with Crippen molar-refractivity contribution in [2.45, 2.75) is 34.5 Å². The smallest absolute Gasteiger partial charge is 0.338 e. The van der Waals surface area contributed by atoms with Crippen molar-refractivity contribution in [3.63, 3.8) is 0 Å². The predicted molar refractivity (Wildman–Crippen MR) is 181 cm³/mol. The standard InChI is InChI=1S/C36H28Cl3NO10/c37-36(38,39)35(40)50-34-29(49-33(44)25-19-11-4-12-20-25)28(48-32(43)24-17-9-3-10-18-24)27(47-31(42)23-15-7-2-8-16-23)26(46-34)21-45-30(41)22-13-5-1-6-14-22/h1-20,26-29,34,40H,21H2/t26?,27-,28-,29?,34-/m0/s1. The molecule has 0 aliphatic carbocycles. The molecule has 0 radical (unpaired) electrons. The Bertz CT molecular complexity index is 1790. The lowest BCUT2D eigenvalue weighted by molar-refractivity contribution is -0.279. The van der Waals surface area contributed by atoms with Crippen molar-refractivity contribution < 1.29 is 47.6 Å². The lowest BCUT2D eigenvalue weighted by Gasteiger charge is -2.44. The van der Waals surface area contributed by atoms with Crippen LogP contribution < -0.4 is 0 Å². The van der Waals surface area contributed by atoms with Crippen LogP contribution in [-0.4, -0.2) is 70.9 Å². The minimum Gasteiger partial charge on any atom is -0.459 e. The average Bonchev–Trinajstić information content (AvgIpc) is 3.13. The molecule has 1 saturated heterocycles. The number of hydrogen-bond donors (Lipinski definition) is 1. The Labute approximate surface area is 301 Å². The number of carbonyl (C=O) groups excluding carboxylic acids is 4. The quantitative estimate of drug-likeness (QED) is 0.0620. The number of esters is 4. The van der Waals surface area contributed by atoms with Crippen LogP contribution in [0.3, 0.4) is 0 Å². The first-order valence-electron chi connectivity index (χ1n) is 15.0. The summed E-state index contributed by atoms with van der Waals surface area (Å²) in [7, 11) is 0. The van der Waals surface area contributed by atoms with Gasteiger partial charge in [0.15, 0.2) is 12.2 Å². The minimum absolute atomic E-state index is 0.0904. The molecule has 1 aliphatic rings. The van der Waals surface area contributed by atoms with Crippen LogP contribution >= 0.6 is 34.8 Å². The molecular formula is C36H28Cl3NO10. The van der Waals surface area contributed by atoms with Gasteiger partial charge in [0.05, 0.1) is 22.3 Å². The Morgan fingerprint density at radius 1 is 0.540 bits per heavy atom. The molecule has 11 nitrogen and oxygen atoms in total. The molecule has 1 heterocycles. The molecule has 5 rings (SSSR count).